The SMILES string of the molecule is Cc1ncc(-c2nc(CCN)cs2)[nH]1. The van der Waals surface area contributed by atoms with Gasteiger partial charge in [-0.3, -0.25) is 0 Å². The van der Waals surface area contributed by atoms with Gasteiger partial charge in [0.2, 0.25) is 0 Å². The Hall–Kier alpha value is -1.20. The van der Waals surface area contributed by atoms with Crippen LogP contribution < -0.4 is 5.73 Å². The molecule has 0 aliphatic carbocycles. The topological polar surface area (TPSA) is 67.6 Å². The molecule has 0 aliphatic heterocycles. The summed E-state index contributed by atoms with van der Waals surface area (Å²) in [6, 6.07) is 0. The van der Waals surface area contributed by atoms with Crippen LogP contribution in [-0.4, -0.2) is 21.5 Å². The van der Waals surface area contributed by atoms with Gasteiger partial charge in [-0.1, -0.05) is 0 Å². The molecule has 3 N–H and O–H groups in total. The molecule has 0 atom stereocenters. The maximum Gasteiger partial charge on any atom is 0.141 e. The number of H-pyrrole nitrogens is 1. The number of nitrogens with zero attached hydrogens (tertiary/aromatic N) is 2. The summed E-state index contributed by atoms with van der Waals surface area (Å²) >= 11 is 1.62. The highest BCUT2D eigenvalue weighted by atomic mass is 32.1. The highest BCUT2D eigenvalue weighted by Crippen LogP contribution is 2.21. The molecular formula is C9H12N4S. The number of hydrogen-bond acceptors (Lipinski definition) is 4. The van der Waals surface area contributed by atoms with Gasteiger partial charge >= 0.3 is 0 Å². The molecule has 14 heavy (non-hydrogen) atoms. The van der Waals surface area contributed by atoms with E-state index in [9.17, 15) is 0 Å². The molecular weight excluding hydrogens is 196 g/mol. The van der Waals surface area contributed by atoms with E-state index in [0.717, 1.165) is 28.6 Å². The average molecular weight is 208 g/mol. The van der Waals surface area contributed by atoms with Crippen molar-refractivity contribution in [2.24, 2.45) is 5.73 Å². The maximum atomic E-state index is 5.46. The van der Waals surface area contributed by atoms with Crippen molar-refractivity contribution in [2.75, 3.05) is 6.54 Å². The Balaban J connectivity index is 2.24. The minimum absolute atomic E-state index is 0.644. The van der Waals surface area contributed by atoms with Crippen molar-refractivity contribution in [1.29, 1.82) is 0 Å². The van der Waals surface area contributed by atoms with E-state index in [4.69, 9.17) is 5.73 Å². The van der Waals surface area contributed by atoms with Gasteiger partial charge in [-0.25, -0.2) is 9.97 Å². The molecule has 0 aliphatic rings. The molecule has 0 radical (unpaired) electrons. The summed E-state index contributed by atoms with van der Waals surface area (Å²) in [6.07, 6.45) is 2.64. The summed E-state index contributed by atoms with van der Waals surface area (Å²) in [4.78, 5) is 11.7. The second-order valence-electron chi connectivity index (χ2n) is 3.06. The number of aromatic amines is 1. The monoisotopic (exact) mass is 208 g/mol. The molecule has 2 aromatic heterocycles. The first-order valence-corrected chi connectivity index (χ1v) is 5.34. The second kappa shape index (κ2) is 3.89. The van der Waals surface area contributed by atoms with Crippen LogP contribution in [0.1, 0.15) is 11.5 Å². The highest BCUT2D eigenvalue weighted by Gasteiger charge is 2.05. The van der Waals surface area contributed by atoms with E-state index in [1.54, 1.807) is 17.5 Å². The van der Waals surface area contributed by atoms with Gasteiger partial charge in [-0.05, 0) is 13.5 Å². The lowest BCUT2D eigenvalue weighted by Crippen LogP contribution is -2.02. The van der Waals surface area contributed by atoms with Crippen molar-refractivity contribution in [1.82, 2.24) is 15.0 Å². The molecule has 5 heteroatoms. The lowest BCUT2D eigenvalue weighted by atomic mass is 10.3. The van der Waals surface area contributed by atoms with E-state index in [1.807, 2.05) is 12.3 Å². The molecule has 0 amide bonds. The van der Waals surface area contributed by atoms with Crippen molar-refractivity contribution in [3.05, 3.63) is 23.1 Å². The van der Waals surface area contributed by atoms with Crippen molar-refractivity contribution in [3.8, 4) is 10.7 Å². The lowest BCUT2D eigenvalue weighted by molar-refractivity contribution is 0.936. The van der Waals surface area contributed by atoms with E-state index < -0.39 is 0 Å². The predicted molar refractivity (Wildman–Crippen MR) is 57.2 cm³/mol. The van der Waals surface area contributed by atoms with Gasteiger partial charge in [0.05, 0.1) is 17.6 Å². The van der Waals surface area contributed by atoms with E-state index >= 15 is 0 Å². The molecule has 4 nitrogen and oxygen atoms in total. The average Bonchev–Trinajstić information content (AvgIpc) is 2.74. The number of imidazole rings is 1. The Labute approximate surface area is 86.2 Å². The molecule has 0 saturated heterocycles. The van der Waals surface area contributed by atoms with Crippen molar-refractivity contribution in [3.63, 3.8) is 0 Å². The van der Waals surface area contributed by atoms with E-state index in [1.165, 1.54) is 0 Å². The Morgan fingerprint density at radius 2 is 2.43 bits per heavy atom. The molecule has 0 spiro atoms. The molecule has 2 heterocycles. The van der Waals surface area contributed by atoms with Crippen LogP contribution in [-0.2, 0) is 6.42 Å². The normalized spacial score (nSPS) is 10.7. The van der Waals surface area contributed by atoms with Crippen LogP contribution >= 0.6 is 11.3 Å². The van der Waals surface area contributed by atoms with Crippen LogP contribution in [0.3, 0.4) is 0 Å². The fourth-order valence-electron chi connectivity index (χ4n) is 1.22. The van der Waals surface area contributed by atoms with Crippen LogP contribution in [0.15, 0.2) is 11.6 Å². The number of nitrogens with two attached hydrogens (primary N) is 1. The van der Waals surface area contributed by atoms with E-state index in [0.29, 0.717) is 6.54 Å². The summed E-state index contributed by atoms with van der Waals surface area (Å²) in [5.74, 6) is 0.913. The van der Waals surface area contributed by atoms with Crippen LogP contribution in [0.25, 0.3) is 10.7 Å². The zero-order valence-corrected chi connectivity index (χ0v) is 8.77. The lowest BCUT2D eigenvalue weighted by Gasteiger charge is -1.89. The smallest absolute Gasteiger partial charge is 0.141 e. The Kier molecular flexibility index (Phi) is 2.60. The van der Waals surface area contributed by atoms with Crippen LogP contribution in [0.4, 0.5) is 0 Å². The summed E-state index contributed by atoms with van der Waals surface area (Å²) in [5, 5.41) is 3.02. The minimum atomic E-state index is 0.644. The van der Waals surface area contributed by atoms with Gasteiger partial charge in [-0.15, -0.1) is 11.3 Å². The Morgan fingerprint density at radius 1 is 1.57 bits per heavy atom. The van der Waals surface area contributed by atoms with E-state index in [-0.39, 0.29) is 0 Å². The van der Waals surface area contributed by atoms with Gasteiger partial charge in [0.1, 0.15) is 10.8 Å². The zero-order valence-electron chi connectivity index (χ0n) is 7.95. The highest BCUT2D eigenvalue weighted by molar-refractivity contribution is 7.13. The van der Waals surface area contributed by atoms with E-state index in [2.05, 4.69) is 15.0 Å². The summed E-state index contributed by atoms with van der Waals surface area (Å²) in [7, 11) is 0. The van der Waals surface area contributed by atoms with Crippen LogP contribution in [0.2, 0.25) is 0 Å². The number of nitrogens with one attached hydrogen (secondary N) is 1. The third-order valence-electron chi connectivity index (χ3n) is 1.89. The third kappa shape index (κ3) is 1.83. The first-order valence-electron chi connectivity index (χ1n) is 4.46. The molecule has 0 aromatic carbocycles. The molecule has 74 valence electrons. The van der Waals surface area contributed by atoms with Gasteiger partial charge in [0.15, 0.2) is 0 Å². The van der Waals surface area contributed by atoms with Gasteiger partial charge in [-0.2, -0.15) is 0 Å². The number of aryl methyl sites for hydroxylation is 1. The van der Waals surface area contributed by atoms with Gasteiger partial charge < -0.3 is 10.7 Å². The number of aromatic nitrogens is 3. The molecule has 2 rings (SSSR count). The standard InChI is InChI=1S/C9H12N4S/c1-6-11-4-8(12-6)9-13-7(2-3-10)5-14-9/h4-5H,2-3,10H2,1H3,(H,11,12). The third-order valence-corrected chi connectivity index (χ3v) is 2.81. The fraction of sp³-hybridized carbons (Fsp3) is 0.333. The van der Waals surface area contributed by atoms with Crippen molar-refractivity contribution >= 4 is 11.3 Å². The molecule has 0 bridgehead atoms. The number of hydrogen-bond donors (Lipinski definition) is 2. The first-order chi connectivity index (χ1) is 6.79. The Bertz CT molecular complexity index is 418. The second-order valence-corrected chi connectivity index (χ2v) is 3.92. The first kappa shape index (κ1) is 9.36. The Morgan fingerprint density at radius 3 is 3.07 bits per heavy atom. The van der Waals surface area contributed by atoms with Gasteiger partial charge in [0.25, 0.3) is 0 Å². The molecule has 0 saturated carbocycles. The number of thiazole rings is 1. The number of rotatable bonds is 3. The maximum absolute atomic E-state index is 5.46. The zero-order chi connectivity index (χ0) is 9.97. The van der Waals surface area contributed by atoms with Crippen LogP contribution in [0.5, 0.6) is 0 Å². The van der Waals surface area contributed by atoms with Crippen LogP contribution in [0, 0.1) is 6.92 Å². The summed E-state index contributed by atoms with van der Waals surface area (Å²) < 4.78 is 0. The van der Waals surface area contributed by atoms with Gasteiger partial charge in [0, 0.05) is 11.8 Å². The molecule has 2 aromatic rings. The summed E-state index contributed by atoms with van der Waals surface area (Å²) in [6.45, 7) is 2.57. The molecule has 0 unspecified atom stereocenters. The van der Waals surface area contributed by atoms with Crippen molar-refractivity contribution in [2.45, 2.75) is 13.3 Å². The largest absolute Gasteiger partial charge is 0.340 e. The fourth-order valence-corrected chi connectivity index (χ4v) is 2.04. The quantitative estimate of drug-likeness (QED) is 0.800. The molecule has 0 fully saturated rings. The van der Waals surface area contributed by atoms with Crippen molar-refractivity contribution < 1.29 is 0 Å². The summed E-state index contributed by atoms with van der Waals surface area (Å²) in [5.41, 5.74) is 7.49. The predicted octanol–water partition coefficient (Wildman–Crippen LogP) is 1.34. The minimum Gasteiger partial charge on any atom is -0.340 e.